The van der Waals surface area contributed by atoms with Crippen molar-refractivity contribution in [2.75, 3.05) is 52.7 Å². The number of hydrogen-bond acceptors (Lipinski definition) is 6. The molecule has 0 saturated carbocycles. The summed E-state index contributed by atoms with van der Waals surface area (Å²) >= 11 is 0. The molecular weight excluding hydrogens is 264 g/mol. The van der Waals surface area contributed by atoms with Crippen LogP contribution in [0.4, 0.5) is 0 Å². The van der Waals surface area contributed by atoms with E-state index in [2.05, 4.69) is 12.2 Å². The van der Waals surface area contributed by atoms with E-state index in [-0.39, 0.29) is 6.54 Å². The molecule has 1 unspecified atom stereocenters. The van der Waals surface area contributed by atoms with Crippen LogP contribution in [0, 0.1) is 0 Å². The van der Waals surface area contributed by atoms with Gasteiger partial charge in [-0.2, -0.15) is 0 Å². The molecule has 0 radical (unpaired) electrons. The van der Waals surface area contributed by atoms with Gasteiger partial charge >= 0.3 is 0 Å². The van der Waals surface area contributed by atoms with Crippen molar-refractivity contribution in [3.05, 3.63) is 0 Å². The average molecular weight is 292 g/mol. The summed E-state index contributed by atoms with van der Waals surface area (Å²) in [5, 5.41) is 12.0. The maximum absolute atomic E-state index is 10.5. The summed E-state index contributed by atoms with van der Waals surface area (Å²) in [4.78, 5) is 10.5. The van der Waals surface area contributed by atoms with Gasteiger partial charge in [0.1, 0.15) is 6.10 Å². The number of carbonyl (C=O) groups is 1. The van der Waals surface area contributed by atoms with Crippen LogP contribution in [0.3, 0.4) is 0 Å². The number of rotatable bonds is 15. The summed E-state index contributed by atoms with van der Waals surface area (Å²) < 4.78 is 16.0. The number of amides is 1. The first kappa shape index (κ1) is 19.3. The van der Waals surface area contributed by atoms with Gasteiger partial charge in [-0.05, 0) is 6.42 Å². The van der Waals surface area contributed by atoms with Crippen molar-refractivity contribution in [2.24, 2.45) is 5.73 Å². The van der Waals surface area contributed by atoms with Crippen molar-refractivity contribution in [2.45, 2.75) is 25.9 Å². The topological polar surface area (TPSA) is 103 Å². The zero-order valence-corrected chi connectivity index (χ0v) is 12.3. The third-order valence-corrected chi connectivity index (χ3v) is 2.48. The number of nitrogens with one attached hydrogen (secondary N) is 1. The van der Waals surface area contributed by atoms with Crippen molar-refractivity contribution in [3.8, 4) is 0 Å². The summed E-state index contributed by atoms with van der Waals surface area (Å²) in [6, 6.07) is 0. The molecule has 7 nitrogen and oxygen atoms in total. The monoisotopic (exact) mass is 292 g/mol. The largest absolute Gasteiger partial charge is 0.382 e. The average Bonchev–Trinajstić information content (AvgIpc) is 2.43. The summed E-state index contributed by atoms with van der Waals surface area (Å²) in [5.41, 5.74) is 4.90. The van der Waals surface area contributed by atoms with E-state index in [1.54, 1.807) is 0 Å². The van der Waals surface area contributed by atoms with Crippen LogP contribution in [0.15, 0.2) is 0 Å². The van der Waals surface area contributed by atoms with Gasteiger partial charge in [0.15, 0.2) is 0 Å². The Labute approximate surface area is 120 Å². The molecular formula is C13H28N2O5. The molecule has 4 N–H and O–H groups in total. The van der Waals surface area contributed by atoms with Gasteiger partial charge in [0, 0.05) is 19.7 Å². The van der Waals surface area contributed by atoms with Crippen molar-refractivity contribution < 1.29 is 24.1 Å². The SMILES string of the molecule is CCCCOCCOCCOCCNCC(O)C(N)=O. The Morgan fingerprint density at radius 1 is 1.10 bits per heavy atom. The Bertz CT molecular complexity index is 229. The van der Waals surface area contributed by atoms with Crippen molar-refractivity contribution >= 4 is 5.91 Å². The first-order valence-electron chi connectivity index (χ1n) is 7.09. The molecule has 7 heteroatoms. The Kier molecular flexibility index (Phi) is 14.1. The second-order valence-electron chi connectivity index (χ2n) is 4.31. The number of primary amides is 1. The second-order valence-corrected chi connectivity index (χ2v) is 4.31. The lowest BCUT2D eigenvalue weighted by Crippen LogP contribution is -2.38. The van der Waals surface area contributed by atoms with E-state index in [9.17, 15) is 4.79 Å². The summed E-state index contributed by atoms with van der Waals surface area (Å²) in [6.45, 7) is 6.33. The molecule has 0 aliphatic heterocycles. The molecule has 0 fully saturated rings. The molecule has 1 amide bonds. The van der Waals surface area contributed by atoms with Crippen LogP contribution in [0.2, 0.25) is 0 Å². The van der Waals surface area contributed by atoms with E-state index in [1.807, 2.05) is 0 Å². The Morgan fingerprint density at radius 3 is 2.20 bits per heavy atom. The lowest BCUT2D eigenvalue weighted by Gasteiger charge is -2.09. The van der Waals surface area contributed by atoms with E-state index in [4.69, 9.17) is 25.1 Å². The maximum atomic E-state index is 10.5. The number of aliphatic hydroxyl groups excluding tert-OH is 1. The number of aliphatic hydroxyl groups is 1. The molecule has 0 saturated heterocycles. The number of hydrogen-bond donors (Lipinski definition) is 3. The molecule has 0 aliphatic carbocycles. The van der Waals surface area contributed by atoms with Gasteiger partial charge in [0.2, 0.25) is 5.91 Å². The highest BCUT2D eigenvalue weighted by molar-refractivity contribution is 5.78. The molecule has 0 heterocycles. The van der Waals surface area contributed by atoms with E-state index in [0.29, 0.717) is 39.6 Å². The highest BCUT2D eigenvalue weighted by Crippen LogP contribution is 1.88. The molecule has 0 aromatic rings. The Balaban J connectivity index is 3.04. The number of ether oxygens (including phenoxy) is 3. The fourth-order valence-corrected chi connectivity index (χ4v) is 1.27. The molecule has 0 aliphatic rings. The Morgan fingerprint density at radius 2 is 1.65 bits per heavy atom. The van der Waals surface area contributed by atoms with Crippen LogP contribution in [0.5, 0.6) is 0 Å². The minimum absolute atomic E-state index is 0.143. The summed E-state index contributed by atoms with van der Waals surface area (Å²) in [5.74, 6) is -0.729. The molecule has 0 aromatic heterocycles. The van der Waals surface area contributed by atoms with Gasteiger partial charge < -0.3 is 30.4 Å². The fourth-order valence-electron chi connectivity index (χ4n) is 1.27. The maximum Gasteiger partial charge on any atom is 0.247 e. The standard InChI is InChI=1S/C13H28N2O5/c1-2-3-5-18-7-9-20-10-8-19-6-4-15-11-12(16)13(14)17/h12,15-16H,2-11H2,1H3,(H2,14,17). The first-order valence-corrected chi connectivity index (χ1v) is 7.09. The second kappa shape index (κ2) is 14.7. The van der Waals surface area contributed by atoms with Crippen LogP contribution < -0.4 is 11.1 Å². The van der Waals surface area contributed by atoms with Crippen molar-refractivity contribution in [1.29, 1.82) is 0 Å². The molecule has 0 aromatic carbocycles. The van der Waals surface area contributed by atoms with Crippen LogP contribution in [0.25, 0.3) is 0 Å². The fraction of sp³-hybridized carbons (Fsp3) is 0.923. The van der Waals surface area contributed by atoms with Gasteiger partial charge in [-0.1, -0.05) is 13.3 Å². The van der Waals surface area contributed by atoms with Gasteiger partial charge in [0.05, 0.1) is 33.0 Å². The predicted octanol–water partition coefficient (Wildman–Crippen LogP) is -0.728. The molecule has 20 heavy (non-hydrogen) atoms. The molecule has 0 rings (SSSR count). The highest BCUT2D eigenvalue weighted by atomic mass is 16.5. The third-order valence-electron chi connectivity index (χ3n) is 2.48. The number of unbranched alkanes of at least 4 members (excludes halogenated alkanes) is 1. The number of nitrogens with two attached hydrogens (primary N) is 1. The molecule has 0 bridgehead atoms. The van der Waals surface area contributed by atoms with Gasteiger partial charge in [-0.25, -0.2) is 0 Å². The van der Waals surface area contributed by atoms with Crippen molar-refractivity contribution in [1.82, 2.24) is 5.32 Å². The smallest absolute Gasteiger partial charge is 0.247 e. The van der Waals surface area contributed by atoms with Crippen LogP contribution >= 0.6 is 0 Å². The molecule has 1 atom stereocenters. The summed E-state index contributed by atoms with van der Waals surface area (Å²) in [6.07, 6.45) is 1.07. The number of carbonyl (C=O) groups excluding carboxylic acids is 1. The van der Waals surface area contributed by atoms with E-state index >= 15 is 0 Å². The highest BCUT2D eigenvalue weighted by Gasteiger charge is 2.08. The molecule has 0 spiro atoms. The van der Waals surface area contributed by atoms with Gasteiger partial charge in [-0.15, -0.1) is 0 Å². The quantitative estimate of drug-likeness (QED) is 0.344. The van der Waals surface area contributed by atoms with Crippen LogP contribution in [0.1, 0.15) is 19.8 Å². The van der Waals surface area contributed by atoms with E-state index in [1.165, 1.54) is 0 Å². The van der Waals surface area contributed by atoms with Crippen LogP contribution in [-0.4, -0.2) is 69.8 Å². The lowest BCUT2D eigenvalue weighted by molar-refractivity contribution is -0.125. The normalized spacial score (nSPS) is 12.5. The Hall–Kier alpha value is -0.730. The lowest BCUT2D eigenvalue weighted by atomic mass is 10.3. The van der Waals surface area contributed by atoms with E-state index < -0.39 is 12.0 Å². The molecule has 120 valence electrons. The third kappa shape index (κ3) is 13.7. The van der Waals surface area contributed by atoms with Crippen LogP contribution in [-0.2, 0) is 19.0 Å². The predicted molar refractivity (Wildman–Crippen MR) is 75.4 cm³/mol. The first-order chi connectivity index (χ1) is 9.68. The zero-order valence-electron chi connectivity index (χ0n) is 12.3. The van der Waals surface area contributed by atoms with Gasteiger partial charge in [-0.3, -0.25) is 4.79 Å². The van der Waals surface area contributed by atoms with E-state index in [0.717, 1.165) is 19.4 Å². The minimum Gasteiger partial charge on any atom is -0.382 e. The summed E-state index contributed by atoms with van der Waals surface area (Å²) in [7, 11) is 0. The van der Waals surface area contributed by atoms with Crippen molar-refractivity contribution in [3.63, 3.8) is 0 Å². The zero-order chi connectivity index (χ0) is 15.1. The van der Waals surface area contributed by atoms with Gasteiger partial charge in [0.25, 0.3) is 0 Å². The minimum atomic E-state index is -1.15.